The van der Waals surface area contributed by atoms with E-state index in [4.69, 9.17) is 34.8 Å². The molecule has 2 amide bonds. The Morgan fingerprint density at radius 1 is 1.00 bits per heavy atom. The first-order valence-corrected chi connectivity index (χ1v) is 7.93. The van der Waals surface area contributed by atoms with Crippen molar-refractivity contribution in [2.24, 2.45) is 0 Å². The summed E-state index contributed by atoms with van der Waals surface area (Å²) in [6.45, 7) is 0. The molecule has 1 N–H and O–H groups in total. The molecule has 23 heavy (non-hydrogen) atoms. The van der Waals surface area contributed by atoms with Crippen LogP contribution in [0, 0.1) is 0 Å². The molecule has 1 fully saturated rings. The van der Waals surface area contributed by atoms with Crippen LogP contribution in [-0.2, 0) is 9.59 Å². The van der Waals surface area contributed by atoms with Crippen LogP contribution in [0.1, 0.15) is 6.42 Å². The second-order valence-electron chi connectivity index (χ2n) is 5.04. The minimum Gasteiger partial charge on any atom is -0.372 e. The molecule has 1 aliphatic heterocycles. The Morgan fingerprint density at radius 3 is 2.43 bits per heavy atom. The van der Waals surface area contributed by atoms with Crippen molar-refractivity contribution in [1.29, 1.82) is 0 Å². The first-order valence-electron chi connectivity index (χ1n) is 6.80. The summed E-state index contributed by atoms with van der Waals surface area (Å²) in [6.07, 6.45) is 0.0308. The lowest BCUT2D eigenvalue weighted by Crippen LogP contribution is -2.35. The lowest BCUT2D eigenvalue weighted by molar-refractivity contribution is -0.121. The highest BCUT2D eigenvalue weighted by molar-refractivity contribution is 6.38. The molecule has 2 aromatic rings. The lowest BCUT2D eigenvalue weighted by atomic mass is 10.2. The van der Waals surface area contributed by atoms with E-state index < -0.39 is 6.04 Å². The molecule has 3 rings (SSSR count). The van der Waals surface area contributed by atoms with Gasteiger partial charge in [-0.1, -0.05) is 46.9 Å². The molecule has 1 aliphatic rings. The predicted molar refractivity (Wildman–Crippen MR) is 92.4 cm³/mol. The summed E-state index contributed by atoms with van der Waals surface area (Å²) < 4.78 is 0. The molecular weight excluding hydrogens is 359 g/mol. The average Bonchev–Trinajstić information content (AvgIpc) is 2.77. The highest BCUT2D eigenvalue weighted by Crippen LogP contribution is 2.33. The molecule has 7 heteroatoms. The molecule has 1 heterocycles. The number of imide groups is 1. The zero-order valence-corrected chi connectivity index (χ0v) is 14.0. The maximum Gasteiger partial charge on any atom is 0.256 e. The van der Waals surface area contributed by atoms with Crippen LogP contribution in [0.4, 0.5) is 11.4 Å². The highest BCUT2D eigenvalue weighted by Gasteiger charge is 2.40. The van der Waals surface area contributed by atoms with Crippen molar-refractivity contribution in [2.75, 3.05) is 10.2 Å². The van der Waals surface area contributed by atoms with Gasteiger partial charge in [-0.05, 0) is 30.3 Å². The van der Waals surface area contributed by atoms with Gasteiger partial charge in [0.2, 0.25) is 5.91 Å². The topological polar surface area (TPSA) is 49.4 Å². The van der Waals surface area contributed by atoms with Crippen LogP contribution < -0.4 is 10.2 Å². The van der Waals surface area contributed by atoms with Gasteiger partial charge in [0.25, 0.3) is 5.91 Å². The van der Waals surface area contributed by atoms with E-state index >= 15 is 0 Å². The minimum absolute atomic E-state index is 0.0308. The number of para-hydroxylation sites is 1. The number of rotatable bonds is 3. The molecule has 0 bridgehead atoms. The Kier molecular flexibility index (Phi) is 4.48. The molecule has 1 atom stereocenters. The smallest absolute Gasteiger partial charge is 0.256 e. The maximum absolute atomic E-state index is 12.6. The highest BCUT2D eigenvalue weighted by atomic mass is 35.5. The third-order valence-electron chi connectivity index (χ3n) is 3.50. The van der Waals surface area contributed by atoms with Crippen LogP contribution >= 0.6 is 34.8 Å². The summed E-state index contributed by atoms with van der Waals surface area (Å²) in [5.74, 6) is -0.706. The number of amides is 2. The molecule has 0 aliphatic carbocycles. The summed E-state index contributed by atoms with van der Waals surface area (Å²) in [5, 5.41) is 4.17. The van der Waals surface area contributed by atoms with Crippen LogP contribution in [0.3, 0.4) is 0 Å². The molecule has 2 aromatic carbocycles. The van der Waals surface area contributed by atoms with Crippen LogP contribution in [0.25, 0.3) is 0 Å². The third-order valence-corrected chi connectivity index (χ3v) is 4.37. The number of halogens is 3. The number of hydrogen-bond donors (Lipinski definition) is 1. The van der Waals surface area contributed by atoms with E-state index in [1.807, 2.05) is 0 Å². The number of hydrogen-bond acceptors (Lipinski definition) is 3. The standard InChI is InChI=1S/C16H11Cl3N2O2/c17-9-5-6-14(11(19)7-9)21-15(22)8-13(16(21)23)20-12-4-2-1-3-10(12)18/h1-7,13,20H,8H2/t13-/m1/s1. The Balaban J connectivity index is 1.87. The fourth-order valence-electron chi connectivity index (χ4n) is 2.43. The Bertz CT molecular complexity index is 795. The van der Waals surface area contributed by atoms with Gasteiger partial charge in [0.05, 0.1) is 27.8 Å². The van der Waals surface area contributed by atoms with E-state index in [0.29, 0.717) is 21.4 Å². The summed E-state index contributed by atoms with van der Waals surface area (Å²) in [5.41, 5.74) is 0.930. The second kappa shape index (κ2) is 6.40. The normalized spacial score (nSPS) is 17.7. The van der Waals surface area contributed by atoms with Crippen LogP contribution in [0.2, 0.25) is 15.1 Å². The zero-order valence-electron chi connectivity index (χ0n) is 11.7. The molecule has 118 valence electrons. The predicted octanol–water partition coefficient (Wildman–Crippen LogP) is 4.39. The Morgan fingerprint density at radius 2 is 1.74 bits per heavy atom. The molecular formula is C16H11Cl3N2O2. The lowest BCUT2D eigenvalue weighted by Gasteiger charge is -2.17. The van der Waals surface area contributed by atoms with E-state index in [0.717, 1.165) is 4.90 Å². The summed E-state index contributed by atoms with van der Waals surface area (Å²) >= 11 is 18.0. The van der Waals surface area contributed by atoms with Gasteiger partial charge in [0, 0.05) is 5.02 Å². The Hall–Kier alpha value is -1.75. The molecule has 4 nitrogen and oxygen atoms in total. The molecule has 0 saturated carbocycles. The average molecular weight is 370 g/mol. The van der Waals surface area contributed by atoms with Gasteiger partial charge in [0.15, 0.2) is 0 Å². The zero-order chi connectivity index (χ0) is 16.6. The Labute approximate surface area is 147 Å². The van der Waals surface area contributed by atoms with Crippen molar-refractivity contribution >= 4 is 58.0 Å². The number of nitrogens with zero attached hydrogens (tertiary/aromatic N) is 1. The number of benzene rings is 2. The summed E-state index contributed by atoms with van der Waals surface area (Å²) in [6, 6.07) is 11.0. The fraction of sp³-hybridized carbons (Fsp3) is 0.125. The molecule has 1 saturated heterocycles. The quantitative estimate of drug-likeness (QED) is 0.816. The van der Waals surface area contributed by atoms with Gasteiger partial charge in [0.1, 0.15) is 6.04 Å². The van der Waals surface area contributed by atoms with Crippen molar-refractivity contribution in [3.8, 4) is 0 Å². The summed E-state index contributed by atoms with van der Waals surface area (Å²) in [4.78, 5) is 25.9. The molecule has 0 radical (unpaired) electrons. The first kappa shape index (κ1) is 16.1. The van der Waals surface area contributed by atoms with Gasteiger partial charge in [-0.2, -0.15) is 0 Å². The second-order valence-corrected chi connectivity index (χ2v) is 6.29. The fourth-order valence-corrected chi connectivity index (χ4v) is 3.11. The van der Waals surface area contributed by atoms with Gasteiger partial charge in [-0.15, -0.1) is 0 Å². The van der Waals surface area contributed by atoms with Crippen LogP contribution in [0.15, 0.2) is 42.5 Å². The molecule has 0 aromatic heterocycles. The van der Waals surface area contributed by atoms with E-state index in [1.165, 1.54) is 6.07 Å². The van der Waals surface area contributed by atoms with E-state index in [9.17, 15) is 9.59 Å². The SMILES string of the molecule is O=C1C[C@@H](Nc2ccccc2Cl)C(=O)N1c1ccc(Cl)cc1Cl. The van der Waals surface area contributed by atoms with E-state index in [1.54, 1.807) is 36.4 Å². The first-order chi connectivity index (χ1) is 11.0. The van der Waals surface area contributed by atoms with Crippen molar-refractivity contribution in [3.63, 3.8) is 0 Å². The summed E-state index contributed by atoms with van der Waals surface area (Å²) in [7, 11) is 0. The molecule has 0 spiro atoms. The van der Waals surface area contributed by atoms with Crippen molar-refractivity contribution < 1.29 is 9.59 Å². The number of carbonyl (C=O) groups excluding carboxylic acids is 2. The number of nitrogens with one attached hydrogen (secondary N) is 1. The van der Waals surface area contributed by atoms with Gasteiger partial charge in [-0.3, -0.25) is 9.59 Å². The maximum atomic E-state index is 12.6. The minimum atomic E-state index is -0.686. The van der Waals surface area contributed by atoms with Gasteiger partial charge >= 0.3 is 0 Å². The van der Waals surface area contributed by atoms with Gasteiger partial charge < -0.3 is 5.32 Å². The van der Waals surface area contributed by atoms with E-state index in [-0.39, 0.29) is 23.3 Å². The van der Waals surface area contributed by atoms with Crippen molar-refractivity contribution in [1.82, 2.24) is 0 Å². The third kappa shape index (κ3) is 3.15. The number of carbonyl (C=O) groups is 2. The largest absolute Gasteiger partial charge is 0.372 e. The van der Waals surface area contributed by atoms with Crippen molar-refractivity contribution in [3.05, 3.63) is 57.5 Å². The molecule has 0 unspecified atom stereocenters. The van der Waals surface area contributed by atoms with Crippen molar-refractivity contribution in [2.45, 2.75) is 12.5 Å². The van der Waals surface area contributed by atoms with E-state index in [2.05, 4.69) is 5.32 Å². The van der Waals surface area contributed by atoms with Crippen LogP contribution in [0.5, 0.6) is 0 Å². The monoisotopic (exact) mass is 368 g/mol. The van der Waals surface area contributed by atoms with Crippen LogP contribution in [-0.4, -0.2) is 17.9 Å². The van der Waals surface area contributed by atoms with Gasteiger partial charge in [-0.25, -0.2) is 4.90 Å². The number of anilines is 2.